The largest absolute Gasteiger partial charge is 0.369 e. The van der Waals surface area contributed by atoms with Gasteiger partial charge in [-0.2, -0.15) is 8.78 Å². The van der Waals surface area contributed by atoms with Gasteiger partial charge >= 0.3 is 0 Å². The van der Waals surface area contributed by atoms with Crippen molar-refractivity contribution in [2.24, 2.45) is 0 Å². The summed E-state index contributed by atoms with van der Waals surface area (Å²) in [5.41, 5.74) is -0.713. The van der Waals surface area contributed by atoms with Gasteiger partial charge in [0.05, 0.1) is 12.2 Å². The molecular weight excluding hydrogens is 374 g/mol. The topological polar surface area (TPSA) is 29.5 Å². The van der Waals surface area contributed by atoms with Gasteiger partial charge in [0, 0.05) is 10.6 Å². The van der Waals surface area contributed by atoms with E-state index in [0.717, 1.165) is 11.0 Å². The summed E-state index contributed by atoms with van der Waals surface area (Å²) in [6.07, 6.45) is 0. The number of hydrogen-bond acceptors (Lipinski definition) is 2. The number of rotatable bonds is 2. The number of halogens is 4. The Hall–Kier alpha value is -0.830. The lowest BCUT2D eigenvalue weighted by Gasteiger charge is -2.37. The molecule has 0 spiro atoms. The number of alkyl halides is 2. The lowest BCUT2D eigenvalue weighted by molar-refractivity contribution is -0.169. The van der Waals surface area contributed by atoms with Crippen LogP contribution < -0.4 is 0 Å². The fraction of sp³-hybridized carbons (Fsp3) is 0.417. The highest BCUT2D eigenvalue weighted by atomic mass is 127. The Kier molecular flexibility index (Phi) is 4.05. The van der Waals surface area contributed by atoms with Crippen molar-refractivity contribution in [3.8, 4) is 0 Å². The van der Waals surface area contributed by atoms with Gasteiger partial charge in [0.2, 0.25) is 5.91 Å². The number of nitrogens with zero attached hydrogens (tertiary/aromatic N) is 1. The zero-order chi connectivity index (χ0) is 14.2. The maximum Gasteiger partial charge on any atom is 0.298 e. The average molecular weight is 385 g/mol. The number of amides is 1. The van der Waals surface area contributed by atoms with Gasteiger partial charge in [0.1, 0.15) is 18.5 Å². The van der Waals surface area contributed by atoms with E-state index in [-0.39, 0.29) is 16.8 Å². The van der Waals surface area contributed by atoms with E-state index in [1.54, 1.807) is 22.6 Å². The van der Waals surface area contributed by atoms with Gasteiger partial charge in [-0.05, 0) is 34.7 Å². The van der Waals surface area contributed by atoms with Crippen LogP contribution >= 0.6 is 22.6 Å². The number of ether oxygens (including phenoxy) is 1. The van der Waals surface area contributed by atoms with E-state index in [9.17, 15) is 18.0 Å². The fourth-order valence-corrected chi connectivity index (χ4v) is 2.43. The van der Waals surface area contributed by atoms with Crippen LogP contribution in [0.25, 0.3) is 0 Å². The molecule has 1 aliphatic heterocycles. The smallest absolute Gasteiger partial charge is 0.298 e. The highest BCUT2D eigenvalue weighted by molar-refractivity contribution is 14.1. The number of hydrogen-bond donors (Lipinski definition) is 0. The van der Waals surface area contributed by atoms with Crippen molar-refractivity contribution in [3.63, 3.8) is 0 Å². The number of morpholine rings is 1. The minimum atomic E-state index is -3.50. The molecule has 104 valence electrons. The molecule has 1 unspecified atom stereocenters. The molecule has 0 N–H and O–H groups in total. The van der Waals surface area contributed by atoms with E-state index in [1.165, 1.54) is 19.2 Å². The van der Waals surface area contributed by atoms with Crippen LogP contribution in [0.2, 0.25) is 0 Å². The molecule has 1 fully saturated rings. The molecule has 1 heterocycles. The predicted molar refractivity (Wildman–Crippen MR) is 70.4 cm³/mol. The molecule has 1 aromatic rings. The van der Waals surface area contributed by atoms with Crippen LogP contribution in [-0.2, 0) is 15.5 Å². The van der Waals surface area contributed by atoms with Gasteiger partial charge < -0.3 is 9.64 Å². The summed E-state index contributed by atoms with van der Waals surface area (Å²) in [5, 5.41) is 0. The Morgan fingerprint density at radius 2 is 2.16 bits per heavy atom. The molecule has 7 heteroatoms. The summed E-state index contributed by atoms with van der Waals surface area (Å²) < 4.78 is 47.6. The molecule has 19 heavy (non-hydrogen) atoms. The van der Waals surface area contributed by atoms with Crippen LogP contribution in [0.3, 0.4) is 0 Å². The SMILES string of the molecule is CN1C(=O)COCC1C(F)(F)c1cccc(I)c1F. The third-order valence-corrected chi connectivity index (χ3v) is 3.92. The van der Waals surface area contributed by atoms with Crippen molar-refractivity contribution >= 4 is 28.5 Å². The summed E-state index contributed by atoms with van der Waals surface area (Å²) in [6.45, 7) is -0.544. The number of carbonyl (C=O) groups is 1. The van der Waals surface area contributed by atoms with Gasteiger partial charge in [-0.1, -0.05) is 6.07 Å². The molecule has 0 radical (unpaired) electrons. The van der Waals surface area contributed by atoms with Gasteiger partial charge in [-0.3, -0.25) is 4.79 Å². The monoisotopic (exact) mass is 385 g/mol. The van der Waals surface area contributed by atoms with Gasteiger partial charge in [-0.25, -0.2) is 4.39 Å². The number of benzene rings is 1. The van der Waals surface area contributed by atoms with Gasteiger partial charge in [-0.15, -0.1) is 0 Å². The van der Waals surface area contributed by atoms with Crippen LogP contribution in [0.15, 0.2) is 18.2 Å². The summed E-state index contributed by atoms with van der Waals surface area (Å²) in [6, 6.07) is 2.30. The third kappa shape index (κ3) is 2.58. The summed E-state index contributed by atoms with van der Waals surface area (Å²) in [4.78, 5) is 12.3. The van der Waals surface area contributed by atoms with Crippen LogP contribution in [0.4, 0.5) is 13.2 Å². The molecule has 3 nitrogen and oxygen atoms in total. The Labute approximate surface area is 121 Å². The minimum absolute atomic E-state index is 0.112. The molecule has 1 aliphatic rings. The van der Waals surface area contributed by atoms with Crippen LogP contribution in [0, 0.1) is 9.39 Å². The van der Waals surface area contributed by atoms with Crippen molar-refractivity contribution in [2.45, 2.75) is 12.0 Å². The van der Waals surface area contributed by atoms with E-state index < -0.39 is 29.3 Å². The predicted octanol–water partition coefficient (Wildman–Crippen LogP) is 2.38. The molecule has 1 atom stereocenters. The molecular formula is C12H11F3INO2. The number of likely N-dealkylation sites (N-methyl/N-ethyl adjacent to an activating group) is 1. The van der Waals surface area contributed by atoms with Gasteiger partial charge in [0.15, 0.2) is 0 Å². The van der Waals surface area contributed by atoms with Gasteiger partial charge in [0.25, 0.3) is 5.92 Å². The van der Waals surface area contributed by atoms with Crippen molar-refractivity contribution in [1.29, 1.82) is 0 Å². The molecule has 2 rings (SSSR count). The first-order chi connectivity index (χ1) is 8.85. The van der Waals surface area contributed by atoms with Crippen molar-refractivity contribution in [2.75, 3.05) is 20.3 Å². The Bertz CT molecular complexity index is 510. The van der Waals surface area contributed by atoms with Crippen LogP contribution in [0.1, 0.15) is 5.56 Å². The highest BCUT2D eigenvalue weighted by Crippen LogP contribution is 2.37. The molecule has 1 amide bonds. The maximum atomic E-state index is 14.4. The van der Waals surface area contributed by atoms with Crippen molar-refractivity contribution in [3.05, 3.63) is 33.1 Å². The minimum Gasteiger partial charge on any atom is -0.369 e. The molecule has 0 aliphatic carbocycles. The van der Waals surface area contributed by atoms with E-state index >= 15 is 0 Å². The molecule has 1 saturated heterocycles. The second-order valence-electron chi connectivity index (χ2n) is 4.26. The normalized spacial score (nSPS) is 20.8. The zero-order valence-electron chi connectivity index (χ0n) is 10.00. The first-order valence-corrected chi connectivity index (χ1v) is 6.59. The zero-order valence-corrected chi connectivity index (χ0v) is 12.2. The van der Waals surface area contributed by atoms with E-state index in [0.29, 0.717) is 0 Å². The van der Waals surface area contributed by atoms with Crippen LogP contribution in [-0.4, -0.2) is 37.1 Å². The highest BCUT2D eigenvalue weighted by Gasteiger charge is 2.48. The molecule has 0 bridgehead atoms. The average Bonchev–Trinajstić information content (AvgIpc) is 2.35. The van der Waals surface area contributed by atoms with Crippen molar-refractivity contribution in [1.82, 2.24) is 4.90 Å². The third-order valence-electron chi connectivity index (χ3n) is 3.09. The Balaban J connectivity index is 2.41. The number of carbonyl (C=O) groups excluding carboxylic acids is 1. The maximum absolute atomic E-state index is 14.4. The summed E-state index contributed by atoms with van der Waals surface area (Å²) >= 11 is 1.65. The Morgan fingerprint density at radius 3 is 2.84 bits per heavy atom. The summed E-state index contributed by atoms with van der Waals surface area (Å²) in [7, 11) is 1.27. The molecule has 0 saturated carbocycles. The second kappa shape index (κ2) is 5.28. The second-order valence-corrected chi connectivity index (χ2v) is 5.42. The van der Waals surface area contributed by atoms with E-state index in [2.05, 4.69) is 0 Å². The molecule has 0 aromatic heterocycles. The lowest BCUT2D eigenvalue weighted by Crippen LogP contribution is -2.54. The van der Waals surface area contributed by atoms with Crippen molar-refractivity contribution < 1.29 is 22.7 Å². The summed E-state index contributed by atoms with van der Waals surface area (Å²) in [5.74, 6) is -5.00. The first kappa shape index (κ1) is 14.6. The lowest BCUT2D eigenvalue weighted by atomic mass is 9.99. The first-order valence-electron chi connectivity index (χ1n) is 5.51. The van der Waals surface area contributed by atoms with E-state index in [4.69, 9.17) is 4.74 Å². The fourth-order valence-electron chi connectivity index (χ4n) is 1.93. The molecule has 1 aromatic carbocycles. The quantitative estimate of drug-likeness (QED) is 0.732. The van der Waals surface area contributed by atoms with E-state index in [1.807, 2.05) is 0 Å². The standard InChI is InChI=1S/C12H11F3INO2/c1-17-9(5-19-6-10(17)18)12(14,15)7-3-2-4-8(16)11(7)13/h2-4,9H,5-6H2,1H3. The Morgan fingerprint density at radius 1 is 1.47 bits per heavy atom. The van der Waals surface area contributed by atoms with Crippen LogP contribution in [0.5, 0.6) is 0 Å².